The third kappa shape index (κ3) is 2.81. The summed E-state index contributed by atoms with van der Waals surface area (Å²) in [5.41, 5.74) is 4.99. The van der Waals surface area contributed by atoms with Crippen LogP contribution in [0.25, 0.3) is 33.1 Å². The fraction of sp³-hybridized carbons (Fsp3) is 0.0435. The number of hydrogen-bond donors (Lipinski definition) is 1. The molecule has 0 radical (unpaired) electrons. The van der Waals surface area contributed by atoms with Crippen molar-refractivity contribution >= 4 is 33.4 Å². The standard InChI is InChI=1S/C23H18N4/c1-27-22-14-20(18-12-11-16-7-5-6-8-17(16)13-18)24-15-21(22)26-23(27)25-19-9-3-2-4-10-19/h2-15H,1H3,(H,25,26). The molecule has 2 aromatic heterocycles. The van der Waals surface area contributed by atoms with Crippen LogP contribution in [-0.2, 0) is 7.05 Å². The molecular formula is C23H18N4. The van der Waals surface area contributed by atoms with E-state index in [-0.39, 0.29) is 0 Å². The smallest absolute Gasteiger partial charge is 0.208 e. The molecule has 5 rings (SSSR count). The van der Waals surface area contributed by atoms with Gasteiger partial charge in [-0.05, 0) is 35.0 Å². The van der Waals surface area contributed by atoms with Crippen molar-refractivity contribution in [2.75, 3.05) is 5.32 Å². The molecule has 2 heterocycles. The minimum Gasteiger partial charge on any atom is -0.326 e. The van der Waals surface area contributed by atoms with Gasteiger partial charge in [0.05, 0.1) is 17.4 Å². The number of benzene rings is 3. The quantitative estimate of drug-likeness (QED) is 0.465. The van der Waals surface area contributed by atoms with Gasteiger partial charge in [-0.15, -0.1) is 0 Å². The number of nitrogens with zero attached hydrogens (tertiary/aromatic N) is 3. The zero-order valence-corrected chi connectivity index (χ0v) is 14.9. The highest BCUT2D eigenvalue weighted by molar-refractivity contribution is 5.88. The van der Waals surface area contributed by atoms with E-state index in [9.17, 15) is 0 Å². The summed E-state index contributed by atoms with van der Waals surface area (Å²) in [5, 5.41) is 5.82. The number of hydrogen-bond acceptors (Lipinski definition) is 3. The first kappa shape index (κ1) is 15.6. The molecule has 27 heavy (non-hydrogen) atoms. The largest absolute Gasteiger partial charge is 0.326 e. The van der Waals surface area contributed by atoms with E-state index in [0.29, 0.717) is 0 Å². The molecule has 5 aromatic rings. The van der Waals surface area contributed by atoms with E-state index in [1.165, 1.54) is 10.8 Å². The molecular weight excluding hydrogens is 332 g/mol. The van der Waals surface area contributed by atoms with Gasteiger partial charge in [0.15, 0.2) is 0 Å². The molecule has 1 N–H and O–H groups in total. The van der Waals surface area contributed by atoms with Gasteiger partial charge in [0.1, 0.15) is 5.52 Å². The average molecular weight is 350 g/mol. The van der Waals surface area contributed by atoms with Gasteiger partial charge in [0.2, 0.25) is 5.95 Å². The lowest BCUT2D eigenvalue weighted by atomic mass is 10.0. The molecule has 0 amide bonds. The Morgan fingerprint density at radius 1 is 0.815 bits per heavy atom. The van der Waals surface area contributed by atoms with Crippen LogP contribution in [0.2, 0.25) is 0 Å². The number of aromatic nitrogens is 3. The summed E-state index contributed by atoms with van der Waals surface area (Å²) < 4.78 is 2.06. The Labute approximate surface area is 157 Å². The Bertz CT molecular complexity index is 1260. The zero-order valence-electron chi connectivity index (χ0n) is 14.9. The minimum atomic E-state index is 0.800. The number of imidazole rings is 1. The lowest BCUT2D eigenvalue weighted by Crippen LogP contribution is -1.98. The predicted octanol–water partition coefficient (Wildman–Crippen LogP) is 5.53. The second-order valence-electron chi connectivity index (χ2n) is 6.61. The summed E-state index contributed by atoms with van der Waals surface area (Å²) in [6, 6.07) is 27.0. The molecule has 0 aliphatic carbocycles. The van der Waals surface area contributed by atoms with Crippen LogP contribution >= 0.6 is 0 Å². The fourth-order valence-electron chi connectivity index (χ4n) is 3.36. The summed E-state index contributed by atoms with van der Waals surface area (Å²) in [7, 11) is 2.02. The monoisotopic (exact) mass is 350 g/mol. The van der Waals surface area contributed by atoms with Crippen LogP contribution in [0.15, 0.2) is 85.1 Å². The highest BCUT2D eigenvalue weighted by Crippen LogP contribution is 2.27. The van der Waals surface area contributed by atoms with Crippen LogP contribution in [0.3, 0.4) is 0 Å². The average Bonchev–Trinajstić information content (AvgIpc) is 3.03. The summed E-state index contributed by atoms with van der Waals surface area (Å²) in [5.74, 6) is 0.800. The number of aryl methyl sites for hydroxylation is 1. The molecule has 4 nitrogen and oxygen atoms in total. The van der Waals surface area contributed by atoms with Gasteiger partial charge in [-0.25, -0.2) is 4.98 Å². The summed E-state index contributed by atoms with van der Waals surface area (Å²) in [6.07, 6.45) is 1.84. The zero-order chi connectivity index (χ0) is 18.2. The molecule has 0 aliphatic rings. The van der Waals surface area contributed by atoms with Crippen LogP contribution in [0, 0.1) is 0 Å². The number of rotatable bonds is 3. The van der Waals surface area contributed by atoms with Crippen LogP contribution in [-0.4, -0.2) is 14.5 Å². The first-order valence-corrected chi connectivity index (χ1v) is 8.92. The van der Waals surface area contributed by atoms with Crippen LogP contribution in [0.1, 0.15) is 0 Å². The number of nitrogens with one attached hydrogen (secondary N) is 1. The highest BCUT2D eigenvalue weighted by atomic mass is 15.2. The Balaban J connectivity index is 1.57. The van der Waals surface area contributed by atoms with Crippen molar-refractivity contribution in [2.45, 2.75) is 0 Å². The number of anilines is 2. The summed E-state index contributed by atoms with van der Waals surface area (Å²) in [6.45, 7) is 0. The normalized spacial score (nSPS) is 11.1. The number of pyridine rings is 1. The van der Waals surface area contributed by atoms with Crippen molar-refractivity contribution in [3.8, 4) is 11.3 Å². The highest BCUT2D eigenvalue weighted by Gasteiger charge is 2.10. The van der Waals surface area contributed by atoms with Gasteiger partial charge >= 0.3 is 0 Å². The fourth-order valence-corrected chi connectivity index (χ4v) is 3.36. The second kappa shape index (κ2) is 6.25. The SMILES string of the molecule is Cn1c(Nc2ccccc2)nc2cnc(-c3ccc4ccccc4c3)cc21. The van der Waals surface area contributed by atoms with Crippen molar-refractivity contribution in [3.63, 3.8) is 0 Å². The van der Waals surface area contributed by atoms with Crippen LogP contribution < -0.4 is 5.32 Å². The first-order chi connectivity index (χ1) is 13.3. The van der Waals surface area contributed by atoms with Crippen molar-refractivity contribution in [3.05, 3.63) is 85.1 Å². The second-order valence-corrected chi connectivity index (χ2v) is 6.61. The van der Waals surface area contributed by atoms with Crippen molar-refractivity contribution in [1.29, 1.82) is 0 Å². The maximum absolute atomic E-state index is 4.68. The van der Waals surface area contributed by atoms with Crippen LogP contribution in [0.4, 0.5) is 11.6 Å². The number of para-hydroxylation sites is 1. The third-order valence-electron chi connectivity index (χ3n) is 4.84. The van der Waals surface area contributed by atoms with E-state index in [1.807, 2.05) is 43.6 Å². The number of fused-ring (bicyclic) bond motifs is 2. The van der Waals surface area contributed by atoms with Gasteiger partial charge in [-0.1, -0.05) is 54.6 Å². The Morgan fingerprint density at radius 3 is 2.44 bits per heavy atom. The van der Waals surface area contributed by atoms with E-state index in [2.05, 4.69) is 68.4 Å². The summed E-state index contributed by atoms with van der Waals surface area (Å²) >= 11 is 0. The molecule has 0 atom stereocenters. The molecule has 0 bridgehead atoms. The first-order valence-electron chi connectivity index (χ1n) is 8.92. The topological polar surface area (TPSA) is 42.7 Å². The molecule has 4 heteroatoms. The van der Waals surface area contributed by atoms with E-state index in [1.54, 1.807) is 0 Å². The van der Waals surface area contributed by atoms with Crippen LogP contribution in [0.5, 0.6) is 0 Å². The van der Waals surface area contributed by atoms with Gasteiger partial charge in [-0.2, -0.15) is 0 Å². The van der Waals surface area contributed by atoms with E-state index < -0.39 is 0 Å². The molecule has 0 fully saturated rings. The van der Waals surface area contributed by atoms with Crippen molar-refractivity contribution in [2.24, 2.45) is 7.05 Å². The lowest BCUT2D eigenvalue weighted by molar-refractivity contribution is 0.958. The molecule has 3 aromatic carbocycles. The van der Waals surface area contributed by atoms with E-state index in [0.717, 1.165) is 33.9 Å². The molecule has 130 valence electrons. The molecule has 0 unspecified atom stereocenters. The van der Waals surface area contributed by atoms with Crippen molar-refractivity contribution in [1.82, 2.24) is 14.5 Å². The van der Waals surface area contributed by atoms with Crippen molar-refractivity contribution < 1.29 is 0 Å². The van der Waals surface area contributed by atoms with Gasteiger partial charge in [0.25, 0.3) is 0 Å². The molecule has 0 saturated heterocycles. The van der Waals surface area contributed by atoms with E-state index in [4.69, 9.17) is 0 Å². The third-order valence-corrected chi connectivity index (χ3v) is 4.84. The maximum atomic E-state index is 4.68. The molecule has 0 spiro atoms. The van der Waals surface area contributed by atoms with Gasteiger partial charge in [-0.3, -0.25) is 4.98 Å². The van der Waals surface area contributed by atoms with Gasteiger partial charge in [0, 0.05) is 18.3 Å². The molecule has 0 aliphatic heterocycles. The summed E-state index contributed by atoms with van der Waals surface area (Å²) in [4.78, 5) is 9.32. The lowest BCUT2D eigenvalue weighted by Gasteiger charge is -2.06. The predicted molar refractivity (Wildman–Crippen MR) is 111 cm³/mol. The Kier molecular flexibility index (Phi) is 3.61. The Hall–Kier alpha value is -3.66. The molecule has 0 saturated carbocycles. The Morgan fingerprint density at radius 2 is 1.59 bits per heavy atom. The van der Waals surface area contributed by atoms with Gasteiger partial charge < -0.3 is 9.88 Å². The maximum Gasteiger partial charge on any atom is 0.208 e. The minimum absolute atomic E-state index is 0.800. The van der Waals surface area contributed by atoms with E-state index >= 15 is 0 Å².